The van der Waals surface area contributed by atoms with Crippen molar-refractivity contribution in [3.63, 3.8) is 0 Å². The van der Waals surface area contributed by atoms with Crippen molar-refractivity contribution in [3.05, 3.63) is 53.6 Å². The molecule has 8 heteroatoms. The Kier molecular flexibility index (Phi) is 6.03. The van der Waals surface area contributed by atoms with E-state index in [1.165, 1.54) is 6.07 Å². The van der Waals surface area contributed by atoms with E-state index in [1.807, 2.05) is 25.1 Å². The van der Waals surface area contributed by atoms with E-state index in [9.17, 15) is 13.2 Å². The molecule has 6 nitrogen and oxygen atoms in total. The molecule has 4 rings (SSSR count). The molecule has 0 saturated carbocycles. The van der Waals surface area contributed by atoms with E-state index in [1.54, 1.807) is 48.3 Å². The van der Waals surface area contributed by atoms with Gasteiger partial charge in [-0.25, -0.2) is 13.4 Å². The Morgan fingerprint density at radius 1 is 1.16 bits per heavy atom. The molecule has 2 aromatic carbocycles. The van der Waals surface area contributed by atoms with E-state index in [0.29, 0.717) is 36.7 Å². The Hall–Kier alpha value is -2.45. The minimum absolute atomic E-state index is 0.0116. The number of carbonyl (C=O) groups is 1. The van der Waals surface area contributed by atoms with Gasteiger partial charge >= 0.3 is 0 Å². The summed E-state index contributed by atoms with van der Waals surface area (Å²) in [6, 6.07) is 12.4. The molecule has 0 radical (unpaired) electrons. The average Bonchev–Trinajstić information content (AvgIpc) is 3.17. The fraction of sp³-hybridized carbons (Fsp3) is 0.391. The minimum Gasteiger partial charge on any atom is -0.467 e. The number of para-hydroxylation sites is 1. The first-order valence-corrected chi connectivity index (χ1v) is 12.8. The summed E-state index contributed by atoms with van der Waals surface area (Å²) in [5.74, 6) is -0.144. The average molecular weight is 459 g/mol. The summed E-state index contributed by atoms with van der Waals surface area (Å²) < 4.78 is 32.1. The van der Waals surface area contributed by atoms with Crippen molar-refractivity contribution in [3.8, 4) is 5.19 Å². The van der Waals surface area contributed by atoms with Gasteiger partial charge in [-0.05, 0) is 50.6 Å². The standard InChI is InChI=1S/C23H26N2O4S2/c1-15(2)31(27,28)19-8-5-7-17(14-19)22(26)25-12-10-18(11-13-25)29-23-24-21-16(3)6-4-9-20(21)30-23/h4-9,14-15,18H,10-13H2,1-3H3. The number of rotatable bonds is 5. The number of hydrogen-bond acceptors (Lipinski definition) is 6. The van der Waals surface area contributed by atoms with Gasteiger partial charge < -0.3 is 9.64 Å². The quantitative estimate of drug-likeness (QED) is 0.564. The summed E-state index contributed by atoms with van der Waals surface area (Å²) in [6.07, 6.45) is 1.44. The van der Waals surface area contributed by atoms with Crippen molar-refractivity contribution in [2.24, 2.45) is 0 Å². The minimum atomic E-state index is -3.42. The van der Waals surface area contributed by atoms with Gasteiger partial charge in [0.25, 0.3) is 11.1 Å². The van der Waals surface area contributed by atoms with Crippen molar-refractivity contribution < 1.29 is 17.9 Å². The van der Waals surface area contributed by atoms with Gasteiger partial charge in [-0.2, -0.15) is 0 Å². The Morgan fingerprint density at radius 2 is 1.87 bits per heavy atom. The Bertz CT molecular complexity index is 1210. The summed E-state index contributed by atoms with van der Waals surface area (Å²) in [5.41, 5.74) is 2.51. The summed E-state index contributed by atoms with van der Waals surface area (Å²) in [5, 5.41) is 0.137. The fourth-order valence-electron chi connectivity index (χ4n) is 3.70. The highest BCUT2D eigenvalue weighted by Gasteiger charge is 2.27. The van der Waals surface area contributed by atoms with Crippen LogP contribution in [0.1, 0.15) is 42.6 Å². The summed E-state index contributed by atoms with van der Waals surface area (Å²) in [6.45, 7) is 6.45. The number of sulfone groups is 1. The number of likely N-dealkylation sites (tertiary alicyclic amines) is 1. The zero-order valence-electron chi connectivity index (χ0n) is 17.9. The number of piperidine rings is 1. The van der Waals surface area contributed by atoms with E-state index < -0.39 is 15.1 Å². The Morgan fingerprint density at radius 3 is 2.55 bits per heavy atom. The van der Waals surface area contributed by atoms with Crippen LogP contribution in [-0.2, 0) is 9.84 Å². The molecule has 3 aromatic rings. The summed E-state index contributed by atoms with van der Waals surface area (Å²) in [4.78, 5) is 19.5. The number of amides is 1. The lowest BCUT2D eigenvalue weighted by molar-refractivity contribution is 0.0595. The van der Waals surface area contributed by atoms with Crippen molar-refractivity contribution in [1.82, 2.24) is 9.88 Å². The molecule has 1 fully saturated rings. The summed E-state index contributed by atoms with van der Waals surface area (Å²) >= 11 is 1.54. The number of hydrogen-bond donors (Lipinski definition) is 0. The molecule has 2 heterocycles. The zero-order chi connectivity index (χ0) is 22.2. The number of thiazole rings is 1. The van der Waals surface area contributed by atoms with Crippen molar-refractivity contribution in [2.45, 2.75) is 49.9 Å². The smallest absolute Gasteiger partial charge is 0.274 e. The normalized spacial score (nSPS) is 15.5. The van der Waals surface area contributed by atoms with Crippen LogP contribution in [0.4, 0.5) is 0 Å². The predicted molar refractivity (Wildman–Crippen MR) is 123 cm³/mol. The maximum Gasteiger partial charge on any atom is 0.274 e. The first-order valence-electron chi connectivity index (χ1n) is 10.4. The molecule has 0 aliphatic carbocycles. The third-order valence-electron chi connectivity index (χ3n) is 5.63. The van der Waals surface area contributed by atoms with Crippen molar-refractivity contribution >= 4 is 37.3 Å². The molecule has 1 amide bonds. The first-order chi connectivity index (χ1) is 14.8. The number of ether oxygens (including phenoxy) is 1. The van der Waals surface area contributed by atoms with Crippen molar-refractivity contribution in [1.29, 1.82) is 0 Å². The second-order valence-corrected chi connectivity index (χ2v) is 11.6. The molecular weight excluding hydrogens is 432 g/mol. The molecule has 1 saturated heterocycles. The van der Waals surface area contributed by atoms with Gasteiger partial charge in [-0.3, -0.25) is 4.79 Å². The molecule has 164 valence electrons. The van der Waals surface area contributed by atoms with Crippen molar-refractivity contribution in [2.75, 3.05) is 13.1 Å². The fourth-order valence-corrected chi connectivity index (χ4v) is 5.76. The summed E-state index contributed by atoms with van der Waals surface area (Å²) in [7, 11) is -3.42. The van der Waals surface area contributed by atoms with E-state index in [4.69, 9.17) is 4.74 Å². The molecule has 0 bridgehead atoms. The van der Waals surface area contributed by atoms with Gasteiger partial charge in [0.2, 0.25) is 0 Å². The number of nitrogens with zero attached hydrogens (tertiary/aromatic N) is 2. The second kappa shape index (κ2) is 8.59. The van der Waals surface area contributed by atoms with Crippen LogP contribution in [0, 0.1) is 6.92 Å². The van der Waals surface area contributed by atoms with Gasteiger partial charge in [0, 0.05) is 31.5 Å². The van der Waals surface area contributed by atoms with Gasteiger partial charge in [0.1, 0.15) is 6.10 Å². The third kappa shape index (κ3) is 4.45. The van der Waals surface area contributed by atoms with Crippen LogP contribution in [0.5, 0.6) is 5.19 Å². The highest BCUT2D eigenvalue weighted by molar-refractivity contribution is 7.92. The SMILES string of the molecule is Cc1cccc2sc(OC3CCN(C(=O)c4cccc(S(=O)(=O)C(C)C)c4)CC3)nc12. The van der Waals surface area contributed by atoms with Gasteiger partial charge in [0.05, 0.1) is 20.4 Å². The van der Waals surface area contributed by atoms with Crippen LogP contribution < -0.4 is 4.74 Å². The van der Waals surface area contributed by atoms with Gasteiger partial charge in [0.15, 0.2) is 9.84 Å². The maximum atomic E-state index is 12.9. The van der Waals surface area contributed by atoms with Crippen LogP contribution in [0.3, 0.4) is 0 Å². The Balaban J connectivity index is 1.40. The molecule has 1 aliphatic heterocycles. The second-order valence-electron chi connectivity index (χ2n) is 8.13. The van der Waals surface area contributed by atoms with Gasteiger partial charge in [-0.1, -0.05) is 29.5 Å². The number of carbonyl (C=O) groups excluding carboxylic acids is 1. The van der Waals surface area contributed by atoms with E-state index in [-0.39, 0.29) is 16.9 Å². The van der Waals surface area contributed by atoms with E-state index in [2.05, 4.69) is 4.98 Å². The monoisotopic (exact) mass is 458 g/mol. The zero-order valence-corrected chi connectivity index (χ0v) is 19.5. The molecule has 0 unspecified atom stereocenters. The predicted octanol–water partition coefficient (Wildman–Crippen LogP) is 4.47. The first kappa shape index (κ1) is 21.8. The highest BCUT2D eigenvalue weighted by atomic mass is 32.2. The van der Waals surface area contributed by atoms with Crippen LogP contribution in [0.15, 0.2) is 47.4 Å². The molecule has 31 heavy (non-hydrogen) atoms. The highest BCUT2D eigenvalue weighted by Crippen LogP contribution is 2.31. The van der Waals surface area contributed by atoms with Gasteiger partial charge in [-0.15, -0.1) is 0 Å². The van der Waals surface area contributed by atoms with Crippen LogP contribution in [0.2, 0.25) is 0 Å². The third-order valence-corrected chi connectivity index (χ3v) is 8.69. The molecule has 0 spiro atoms. The lowest BCUT2D eigenvalue weighted by atomic mass is 10.1. The number of aryl methyl sites for hydroxylation is 1. The number of fused-ring (bicyclic) bond motifs is 1. The largest absolute Gasteiger partial charge is 0.467 e. The molecule has 1 aromatic heterocycles. The lowest BCUT2D eigenvalue weighted by Gasteiger charge is -2.31. The number of aromatic nitrogens is 1. The van der Waals surface area contributed by atoms with Crippen LogP contribution in [-0.4, -0.2) is 48.7 Å². The topological polar surface area (TPSA) is 76.6 Å². The Labute approximate surface area is 186 Å². The molecule has 0 N–H and O–H groups in total. The van der Waals surface area contributed by atoms with E-state index in [0.717, 1.165) is 15.8 Å². The molecular formula is C23H26N2O4S2. The molecule has 1 aliphatic rings. The van der Waals surface area contributed by atoms with Crippen LogP contribution in [0.25, 0.3) is 10.2 Å². The molecule has 0 atom stereocenters. The lowest BCUT2D eigenvalue weighted by Crippen LogP contribution is -2.41. The van der Waals surface area contributed by atoms with Crippen LogP contribution >= 0.6 is 11.3 Å². The van der Waals surface area contributed by atoms with E-state index >= 15 is 0 Å². The number of benzene rings is 2. The maximum absolute atomic E-state index is 12.9.